The molecule has 0 bridgehead atoms. The fourth-order valence-corrected chi connectivity index (χ4v) is 1.85. The molecule has 0 amide bonds. The van der Waals surface area contributed by atoms with E-state index in [0.717, 1.165) is 17.7 Å². The Morgan fingerprint density at radius 2 is 1.48 bits per heavy atom. The van der Waals surface area contributed by atoms with E-state index in [9.17, 15) is 25.0 Å². The van der Waals surface area contributed by atoms with Crippen molar-refractivity contribution in [3.63, 3.8) is 0 Å². The van der Waals surface area contributed by atoms with Gasteiger partial charge in [-0.2, -0.15) is 0 Å². The van der Waals surface area contributed by atoms with Crippen molar-refractivity contribution >= 4 is 28.7 Å². The molecule has 5 N–H and O–H groups in total. The van der Waals surface area contributed by atoms with E-state index in [4.69, 9.17) is 16.6 Å². The summed E-state index contributed by atoms with van der Waals surface area (Å²) in [5, 5.41) is 29.2. The molecule has 0 atom stereocenters. The van der Waals surface area contributed by atoms with Gasteiger partial charge in [-0.25, -0.2) is 4.79 Å². The summed E-state index contributed by atoms with van der Waals surface area (Å²) in [7, 11) is 0. The van der Waals surface area contributed by atoms with Crippen LogP contribution in [0.1, 0.15) is 22.8 Å². The van der Waals surface area contributed by atoms with Crippen LogP contribution in [-0.4, -0.2) is 20.9 Å². The summed E-state index contributed by atoms with van der Waals surface area (Å²) in [6.07, 6.45) is 0.716. The number of carbonyl (C=O) groups is 1. The number of rotatable bonds is 4. The van der Waals surface area contributed by atoms with Crippen molar-refractivity contribution in [2.75, 3.05) is 11.5 Å². The van der Waals surface area contributed by atoms with E-state index in [1.54, 1.807) is 6.07 Å². The number of aryl methyl sites for hydroxylation is 1. The Kier molecular flexibility index (Phi) is 6.38. The van der Waals surface area contributed by atoms with Crippen molar-refractivity contribution in [3.8, 4) is 0 Å². The fourth-order valence-electron chi connectivity index (χ4n) is 1.85. The van der Waals surface area contributed by atoms with Gasteiger partial charge in [0.05, 0.1) is 15.4 Å². The number of carboxylic acids is 1. The zero-order chi connectivity index (χ0) is 19.1. The Hall–Kier alpha value is -3.69. The van der Waals surface area contributed by atoms with E-state index in [1.165, 1.54) is 18.2 Å². The molecule has 0 spiro atoms. The average molecular weight is 348 g/mol. The van der Waals surface area contributed by atoms with Crippen molar-refractivity contribution in [3.05, 3.63) is 67.8 Å². The standard InChI is InChI=1S/C8H10N2O2.C7H6N2O4/c1-2-6-5-7(10(11)12)3-4-8(6)9;8-6-2-1-4(9(12)13)3-5(6)7(10)11/h3-5H,2,9H2,1H3;1-3H,8H2,(H,10,11). The molecule has 0 aliphatic rings. The molecule has 0 heterocycles. The second-order valence-corrected chi connectivity index (χ2v) is 4.83. The van der Waals surface area contributed by atoms with Gasteiger partial charge in [-0.15, -0.1) is 0 Å². The van der Waals surface area contributed by atoms with Crippen molar-refractivity contribution in [2.45, 2.75) is 13.3 Å². The molecule has 0 radical (unpaired) electrons. The van der Waals surface area contributed by atoms with Gasteiger partial charge >= 0.3 is 5.97 Å². The predicted octanol–water partition coefficient (Wildman–Crippen LogP) is 2.61. The Bertz CT molecular complexity index is 822. The second-order valence-electron chi connectivity index (χ2n) is 4.83. The Morgan fingerprint density at radius 1 is 1.00 bits per heavy atom. The first-order valence-corrected chi connectivity index (χ1v) is 6.97. The van der Waals surface area contributed by atoms with Crippen LogP contribution in [0.2, 0.25) is 0 Å². The van der Waals surface area contributed by atoms with Gasteiger partial charge in [0.1, 0.15) is 0 Å². The maximum atomic E-state index is 10.5. The molecule has 0 aromatic heterocycles. The molecular weight excluding hydrogens is 332 g/mol. The maximum absolute atomic E-state index is 10.5. The average Bonchev–Trinajstić information content (AvgIpc) is 2.55. The quantitative estimate of drug-likeness (QED) is 0.429. The number of benzene rings is 2. The van der Waals surface area contributed by atoms with Crippen molar-refractivity contribution in [1.29, 1.82) is 0 Å². The lowest BCUT2D eigenvalue weighted by Crippen LogP contribution is -2.03. The van der Waals surface area contributed by atoms with Gasteiger partial charge in [0.25, 0.3) is 11.4 Å². The minimum atomic E-state index is -1.28. The van der Waals surface area contributed by atoms with E-state index < -0.39 is 15.8 Å². The lowest BCUT2D eigenvalue weighted by atomic mass is 10.1. The summed E-state index contributed by atoms with van der Waals surface area (Å²) in [5.74, 6) is -1.28. The summed E-state index contributed by atoms with van der Waals surface area (Å²) in [6.45, 7) is 1.91. The third-order valence-corrected chi connectivity index (χ3v) is 3.20. The Balaban J connectivity index is 0.000000251. The second kappa shape index (κ2) is 8.24. The fraction of sp³-hybridized carbons (Fsp3) is 0.133. The monoisotopic (exact) mass is 348 g/mol. The molecule has 0 unspecified atom stereocenters. The lowest BCUT2D eigenvalue weighted by molar-refractivity contribution is -0.385. The molecule has 0 saturated carbocycles. The zero-order valence-corrected chi connectivity index (χ0v) is 13.2. The third kappa shape index (κ3) is 5.16. The van der Waals surface area contributed by atoms with Crippen molar-refractivity contribution < 1.29 is 19.7 Å². The van der Waals surface area contributed by atoms with Gasteiger partial charge in [-0.3, -0.25) is 20.2 Å². The number of nitrogens with two attached hydrogens (primary N) is 2. The van der Waals surface area contributed by atoms with Crippen LogP contribution < -0.4 is 11.5 Å². The number of nitro groups is 2. The van der Waals surface area contributed by atoms with E-state index >= 15 is 0 Å². The predicted molar refractivity (Wildman–Crippen MR) is 91.4 cm³/mol. The van der Waals surface area contributed by atoms with E-state index in [0.29, 0.717) is 12.1 Å². The topological polar surface area (TPSA) is 176 Å². The van der Waals surface area contributed by atoms with E-state index in [2.05, 4.69) is 0 Å². The van der Waals surface area contributed by atoms with Crippen LogP contribution in [0, 0.1) is 20.2 Å². The minimum absolute atomic E-state index is 0.0121. The number of anilines is 2. The molecule has 10 heteroatoms. The van der Waals surface area contributed by atoms with Crippen LogP contribution in [0.4, 0.5) is 22.7 Å². The normalized spacial score (nSPS) is 9.64. The highest BCUT2D eigenvalue weighted by Crippen LogP contribution is 2.20. The number of hydrogen-bond acceptors (Lipinski definition) is 7. The van der Waals surface area contributed by atoms with Gasteiger partial charge in [0.2, 0.25) is 0 Å². The molecule has 132 valence electrons. The van der Waals surface area contributed by atoms with E-state index in [-0.39, 0.29) is 22.6 Å². The molecular formula is C15H16N4O6. The molecule has 0 saturated heterocycles. The lowest BCUT2D eigenvalue weighted by Gasteiger charge is -2.00. The zero-order valence-electron chi connectivity index (χ0n) is 13.2. The van der Waals surface area contributed by atoms with Crippen LogP contribution in [-0.2, 0) is 6.42 Å². The molecule has 0 aliphatic heterocycles. The van der Waals surface area contributed by atoms with Crippen LogP contribution in [0.25, 0.3) is 0 Å². The smallest absolute Gasteiger partial charge is 0.338 e. The SMILES string of the molecule is CCc1cc([N+](=O)[O-])ccc1N.Nc1ccc([N+](=O)[O-])cc1C(=O)O. The molecule has 2 aromatic rings. The van der Waals surface area contributed by atoms with Gasteiger partial charge < -0.3 is 16.6 Å². The summed E-state index contributed by atoms with van der Waals surface area (Å²) in [5.41, 5.74) is 11.9. The molecule has 2 rings (SSSR count). The number of carboxylic acid groups (broad SMARTS) is 1. The Morgan fingerprint density at radius 3 is 1.92 bits per heavy atom. The molecule has 25 heavy (non-hydrogen) atoms. The number of non-ortho nitro benzene ring substituents is 2. The van der Waals surface area contributed by atoms with Crippen LogP contribution >= 0.6 is 0 Å². The van der Waals surface area contributed by atoms with Crippen molar-refractivity contribution in [2.24, 2.45) is 0 Å². The minimum Gasteiger partial charge on any atom is -0.478 e. The summed E-state index contributed by atoms with van der Waals surface area (Å²) in [4.78, 5) is 30.0. The van der Waals surface area contributed by atoms with Gasteiger partial charge in [0.15, 0.2) is 0 Å². The first-order valence-electron chi connectivity index (χ1n) is 6.97. The number of aromatic carboxylic acids is 1. The van der Waals surface area contributed by atoms with Crippen LogP contribution in [0.15, 0.2) is 36.4 Å². The molecule has 0 aliphatic carbocycles. The number of hydrogen-bond donors (Lipinski definition) is 3. The molecule has 2 aromatic carbocycles. The number of nitrogen functional groups attached to an aromatic ring is 2. The first kappa shape index (κ1) is 19.4. The largest absolute Gasteiger partial charge is 0.478 e. The van der Waals surface area contributed by atoms with Gasteiger partial charge in [-0.05, 0) is 24.1 Å². The van der Waals surface area contributed by atoms with Gasteiger partial charge in [-0.1, -0.05) is 6.92 Å². The van der Waals surface area contributed by atoms with Gasteiger partial charge in [0, 0.05) is 35.6 Å². The highest BCUT2D eigenvalue weighted by atomic mass is 16.6. The Labute approximate surface area is 142 Å². The number of nitrogens with zero attached hydrogens (tertiary/aromatic N) is 2. The summed E-state index contributed by atoms with van der Waals surface area (Å²) in [6, 6.07) is 7.77. The van der Waals surface area contributed by atoms with Crippen LogP contribution in [0.3, 0.4) is 0 Å². The van der Waals surface area contributed by atoms with Crippen molar-refractivity contribution in [1.82, 2.24) is 0 Å². The highest BCUT2D eigenvalue weighted by molar-refractivity contribution is 5.94. The first-order chi connectivity index (χ1) is 11.7. The maximum Gasteiger partial charge on any atom is 0.338 e. The van der Waals surface area contributed by atoms with E-state index in [1.807, 2.05) is 6.92 Å². The highest BCUT2D eigenvalue weighted by Gasteiger charge is 2.13. The third-order valence-electron chi connectivity index (χ3n) is 3.20. The number of nitro benzene ring substituents is 2. The summed E-state index contributed by atoms with van der Waals surface area (Å²) < 4.78 is 0. The summed E-state index contributed by atoms with van der Waals surface area (Å²) >= 11 is 0. The molecule has 10 nitrogen and oxygen atoms in total. The van der Waals surface area contributed by atoms with Crippen LogP contribution in [0.5, 0.6) is 0 Å². The molecule has 0 fully saturated rings.